The van der Waals surface area contributed by atoms with E-state index < -0.39 is 0 Å². The third-order valence-electron chi connectivity index (χ3n) is 7.78. The fourth-order valence-electron chi connectivity index (χ4n) is 6.56. The van der Waals surface area contributed by atoms with Gasteiger partial charge < -0.3 is 10.6 Å². The van der Waals surface area contributed by atoms with Gasteiger partial charge in [-0.05, 0) is 93.6 Å². The molecule has 2 N–H and O–H groups in total. The molecule has 5 heteroatoms. The standard InChI is InChI=1S/C24H32N2O2S/c1-15(24-11-16-8-17(12-24)10-18(9-16)13-24)25-23(28)20-4-2-3-5-21(20)29-14-22(27)26-19-6-7-19/h2-5,15-19H,6-14H2,1H3,(H,25,28)(H,26,27)/t15-,16?,17?,18?,24?/m0/s1. The molecule has 1 aromatic rings. The van der Waals surface area contributed by atoms with E-state index in [9.17, 15) is 9.59 Å². The summed E-state index contributed by atoms with van der Waals surface area (Å²) in [5.74, 6) is 3.09. The zero-order valence-corrected chi connectivity index (χ0v) is 18.1. The molecular formula is C24H32N2O2S. The van der Waals surface area contributed by atoms with E-state index in [-0.39, 0.29) is 17.9 Å². The lowest BCUT2D eigenvalue weighted by molar-refractivity contribution is -0.118. The molecule has 0 radical (unpaired) electrons. The summed E-state index contributed by atoms with van der Waals surface area (Å²) < 4.78 is 0. The molecule has 156 valence electrons. The molecule has 2 amide bonds. The second kappa shape index (κ2) is 7.64. The van der Waals surface area contributed by atoms with Crippen molar-refractivity contribution in [2.75, 3.05) is 5.75 Å². The van der Waals surface area contributed by atoms with Crippen LogP contribution in [-0.2, 0) is 4.79 Å². The van der Waals surface area contributed by atoms with E-state index in [2.05, 4.69) is 17.6 Å². The van der Waals surface area contributed by atoms with Crippen LogP contribution in [0.2, 0.25) is 0 Å². The molecule has 29 heavy (non-hydrogen) atoms. The van der Waals surface area contributed by atoms with Gasteiger partial charge in [-0.1, -0.05) is 12.1 Å². The fourth-order valence-corrected chi connectivity index (χ4v) is 7.42. The minimum Gasteiger partial charge on any atom is -0.353 e. The van der Waals surface area contributed by atoms with Crippen LogP contribution in [0.15, 0.2) is 29.2 Å². The summed E-state index contributed by atoms with van der Waals surface area (Å²) in [6, 6.07) is 8.30. The molecule has 0 saturated heterocycles. The molecule has 0 aromatic heterocycles. The van der Waals surface area contributed by atoms with Gasteiger partial charge in [-0.3, -0.25) is 9.59 Å². The number of benzene rings is 1. The van der Waals surface area contributed by atoms with Crippen molar-refractivity contribution in [1.82, 2.24) is 10.6 Å². The van der Waals surface area contributed by atoms with Gasteiger partial charge in [-0.25, -0.2) is 0 Å². The monoisotopic (exact) mass is 412 g/mol. The third-order valence-corrected chi connectivity index (χ3v) is 8.86. The van der Waals surface area contributed by atoms with Gasteiger partial charge in [0.05, 0.1) is 11.3 Å². The average molecular weight is 413 g/mol. The summed E-state index contributed by atoms with van der Waals surface area (Å²) in [6.07, 6.45) is 10.3. The van der Waals surface area contributed by atoms with Gasteiger partial charge in [-0.15, -0.1) is 11.8 Å². The molecule has 1 atom stereocenters. The molecular weight excluding hydrogens is 380 g/mol. The molecule has 0 unspecified atom stereocenters. The molecule has 0 aliphatic heterocycles. The molecule has 0 spiro atoms. The topological polar surface area (TPSA) is 58.2 Å². The Labute approximate surface area is 178 Å². The highest BCUT2D eigenvalue weighted by Gasteiger charge is 2.53. The molecule has 5 saturated carbocycles. The number of rotatable bonds is 7. The van der Waals surface area contributed by atoms with Crippen molar-refractivity contribution >= 4 is 23.6 Å². The van der Waals surface area contributed by atoms with E-state index in [0.717, 1.165) is 35.5 Å². The highest BCUT2D eigenvalue weighted by Crippen LogP contribution is 2.61. The van der Waals surface area contributed by atoms with Crippen molar-refractivity contribution in [3.63, 3.8) is 0 Å². The largest absolute Gasteiger partial charge is 0.353 e. The Bertz CT molecular complexity index is 769. The van der Waals surface area contributed by atoms with Gasteiger partial charge in [0.2, 0.25) is 5.91 Å². The smallest absolute Gasteiger partial charge is 0.252 e. The first-order valence-electron chi connectivity index (χ1n) is 11.3. The molecule has 5 aliphatic rings. The van der Waals surface area contributed by atoms with Crippen LogP contribution in [0.5, 0.6) is 0 Å². The number of nitrogens with one attached hydrogen (secondary N) is 2. The van der Waals surface area contributed by atoms with Gasteiger partial charge in [0, 0.05) is 17.0 Å². The van der Waals surface area contributed by atoms with E-state index in [0.29, 0.717) is 22.8 Å². The lowest BCUT2D eigenvalue weighted by Gasteiger charge is -2.59. The minimum atomic E-state index is 0.0129. The summed E-state index contributed by atoms with van der Waals surface area (Å²) in [4.78, 5) is 26.1. The first-order chi connectivity index (χ1) is 14.0. The lowest BCUT2D eigenvalue weighted by atomic mass is 9.48. The van der Waals surface area contributed by atoms with Crippen LogP contribution in [0.4, 0.5) is 0 Å². The summed E-state index contributed by atoms with van der Waals surface area (Å²) >= 11 is 1.47. The Morgan fingerprint density at radius 3 is 2.31 bits per heavy atom. The second-order valence-electron chi connectivity index (χ2n) is 10.1. The van der Waals surface area contributed by atoms with Gasteiger partial charge >= 0.3 is 0 Å². The van der Waals surface area contributed by atoms with E-state index >= 15 is 0 Å². The van der Waals surface area contributed by atoms with Crippen LogP contribution in [0, 0.1) is 23.2 Å². The average Bonchev–Trinajstić information content (AvgIpc) is 3.49. The Morgan fingerprint density at radius 2 is 1.69 bits per heavy atom. The maximum Gasteiger partial charge on any atom is 0.252 e. The minimum absolute atomic E-state index is 0.0129. The zero-order chi connectivity index (χ0) is 20.0. The number of hydrogen-bond donors (Lipinski definition) is 2. The maximum absolute atomic E-state index is 13.2. The summed E-state index contributed by atoms with van der Waals surface area (Å²) in [6.45, 7) is 2.23. The van der Waals surface area contributed by atoms with Crippen molar-refractivity contribution < 1.29 is 9.59 Å². The van der Waals surface area contributed by atoms with E-state index in [1.54, 1.807) is 0 Å². The predicted octanol–water partition coefficient (Wildman–Crippen LogP) is 4.39. The molecule has 5 fully saturated rings. The first kappa shape index (κ1) is 19.5. The summed E-state index contributed by atoms with van der Waals surface area (Å²) in [7, 11) is 0. The number of amides is 2. The van der Waals surface area contributed by atoms with Gasteiger partial charge in [-0.2, -0.15) is 0 Å². The summed E-state index contributed by atoms with van der Waals surface area (Å²) in [5, 5.41) is 6.39. The van der Waals surface area contributed by atoms with E-state index in [1.807, 2.05) is 24.3 Å². The fraction of sp³-hybridized carbons (Fsp3) is 0.667. The van der Waals surface area contributed by atoms with Gasteiger partial charge in [0.15, 0.2) is 0 Å². The molecule has 0 heterocycles. The molecule has 6 rings (SSSR count). The van der Waals surface area contributed by atoms with Crippen LogP contribution >= 0.6 is 11.8 Å². The SMILES string of the molecule is C[C@H](NC(=O)c1ccccc1SCC(=O)NC1CC1)C12CC3CC(CC(C3)C1)C2. The number of carbonyl (C=O) groups excluding carboxylic acids is 2. The third kappa shape index (κ3) is 4.08. The van der Waals surface area contributed by atoms with Crippen LogP contribution in [0.25, 0.3) is 0 Å². The normalized spacial score (nSPS) is 33.3. The number of thioether (sulfide) groups is 1. The van der Waals surface area contributed by atoms with Crippen LogP contribution in [0.1, 0.15) is 68.6 Å². The lowest BCUT2D eigenvalue weighted by Crippen LogP contribution is -2.55. The van der Waals surface area contributed by atoms with Gasteiger partial charge in [0.1, 0.15) is 0 Å². The zero-order valence-electron chi connectivity index (χ0n) is 17.3. The van der Waals surface area contributed by atoms with Crippen molar-refractivity contribution in [2.24, 2.45) is 23.2 Å². The van der Waals surface area contributed by atoms with E-state index in [4.69, 9.17) is 0 Å². The summed E-state index contributed by atoms with van der Waals surface area (Å²) in [5.41, 5.74) is 1.00. The second-order valence-corrected chi connectivity index (χ2v) is 11.1. The Morgan fingerprint density at radius 1 is 1.07 bits per heavy atom. The molecule has 4 bridgehead atoms. The van der Waals surface area contributed by atoms with Crippen LogP contribution in [-0.4, -0.2) is 29.7 Å². The van der Waals surface area contributed by atoms with Gasteiger partial charge in [0.25, 0.3) is 5.91 Å². The quantitative estimate of drug-likeness (QED) is 0.653. The van der Waals surface area contributed by atoms with Crippen molar-refractivity contribution in [3.05, 3.63) is 29.8 Å². The highest BCUT2D eigenvalue weighted by atomic mass is 32.2. The number of carbonyl (C=O) groups is 2. The Kier molecular flexibility index (Phi) is 5.13. The molecule has 4 nitrogen and oxygen atoms in total. The Hall–Kier alpha value is -1.49. The molecule has 1 aromatic carbocycles. The highest BCUT2D eigenvalue weighted by molar-refractivity contribution is 8.00. The van der Waals surface area contributed by atoms with E-state index in [1.165, 1.54) is 50.3 Å². The van der Waals surface area contributed by atoms with Crippen LogP contribution in [0.3, 0.4) is 0 Å². The first-order valence-corrected chi connectivity index (χ1v) is 12.3. The van der Waals surface area contributed by atoms with Crippen molar-refractivity contribution in [2.45, 2.75) is 75.3 Å². The van der Waals surface area contributed by atoms with Crippen molar-refractivity contribution in [3.8, 4) is 0 Å². The van der Waals surface area contributed by atoms with Crippen LogP contribution < -0.4 is 10.6 Å². The maximum atomic E-state index is 13.2. The Balaban J connectivity index is 1.24. The predicted molar refractivity (Wildman–Crippen MR) is 116 cm³/mol. The number of hydrogen-bond acceptors (Lipinski definition) is 3. The van der Waals surface area contributed by atoms with Crippen molar-refractivity contribution in [1.29, 1.82) is 0 Å². The molecule has 5 aliphatic carbocycles.